The standard InChI is InChI=1S/C23H28N2O4S/c1-17(2)30(28,29)21-12-10-19(11-13-21)22(26)24-16-18-6-8-20(9-7-18)23(27)25-14-4-3-5-15-25/h6-13,17H,3-5,14-16H2,1-2H3,(H,24,26). The zero-order chi connectivity index (χ0) is 21.7. The molecule has 1 aliphatic rings. The number of piperidine rings is 1. The van der Waals surface area contributed by atoms with E-state index in [-0.39, 0.29) is 16.7 Å². The van der Waals surface area contributed by atoms with E-state index in [1.807, 2.05) is 17.0 Å². The van der Waals surface area contributed by atoms with Crippen molar-refractivity contribution >= 4 is 21.7 Å². The van der Waals surface area contributed by atoms with Crippen LogP contribution in [0, 0.1) is 0 Å². The predicted octanol–water partition coefficient (Wildman–Crippen LogP) is 3.42. The van der Waals surface area contributed by atoms with Crippen LogP contribution in [0.15, 0.2) is 53.4 Å². The van der Waals surface area contributed by atoms with Crippen LogP contribution >= 0.6 is 0 Å². The van der Waals surface area contributed by atoms with E-state index in [0.717, 1.165) is 31.5 Å². The first kappa shape index (κ1) is 22.0. The highest BCUT2D eigenvalue weighted by atomic mass is 32.2. The summed E-state index contributed by atoms with van der Waals surface area (Å²) in [6, 6.07) is 13.2. The summed E-state index contributed by atoms with van der Waals surface area (Å²) in [4.78, 5) is 27.0. The fourth-order valence-electron chi connectivity index (χ4n) is 3.40. The van der Waals surface area contributed by atoms with E-state index in [0.29, 0.717) is 17.7 Å². The van der Waals surface area contributed by atoms with Gasteiger partial charge in [0, 0.05) is 30.8 Å². The third-order valence-electron chi connectivity index (χ3n) is 5.36. The van der Waals surface area contributed by atoms with Gasteiger partial charge in [0.1, 0.15) is 0 Å². The minimum absolute atomic E-state index is 0.0572. The van der Waals surface area contributed by atoms with Crippen LogP contribution in [0.1, 0.15) is 59.4 Å². The van der Waals surface area contributed by atoms with Gasteiger partial charge in [0.15, 0.2) is 9.84 Å². The van der Waals surface area contributed by atoms with Crippen molar-refractivity contribution in [1.29, 1.82) is 0 Å². The number of amides is 2. The lowest BCUT2D eigenvalue weighted by Crippen LogP contribution is -2.35. The molecule has 1 saturated heterocycles. The van der Waals surface area contributed by atoms with Crippen LogP contribution < -0.4 is 5.32 Å². The Morgan fingerprint density at radius 2 is 1.47 bits per heavy atom. The maximum absolute atomic E-state index is 12.5. The van der Waals surface area contributed by atoms with Crippen LogP contribution in [0.25, 0.3) is 0 Å². The van der Waals surface area contributed by atoms with Gasteiger partial charge in [0.25, 0.3) is 11.8 Å². The number of hydrogen-bond donors (Lipinski definition) is 1. The fraction of sp³-hybridized carbons (Fsp3) is 0.391. The lowest BCUT2D eigenvalue weighted by Gasteiger charge is -2.26. The highest BCUT2D eigenvalue weighted by molar-refractivity contribution is 7.92. The van der Waals surface area contributed by atoms with Crippen molar-refractivity contribution in [1.82, 2.24) is 10.2 Å². The van der Waals surface area contributed by atoms with Crippen molar-refractivity contribution in [2.75, 3.05) is 13.1 Å². The van der Waals surface area contributed by atoms with Gasteiger partial charge >= 0.3 is 0 Å². The molecular weight excluding hydrogens is 400 g/mol. The summed E-state index contributed by atoms with van der Waals surface area (Å²) in [6.07, 6.45) is 3.29. The minimum Gasteiger partial charge on any atom is -0.348 e. The predicted molar refractivity (Wildman–Crippen MR) is 116 cm³/mol. The Balaban J connectivity index is 1.57. The van der Waals surface area contributed by atoms with Crippen LogP contribution in [0.5, 0.6) is 0 Å². The largest absolute Gasteiger partial charge is 0.348 e. The first-order chi connectivity index (χ1) is 14.3. The summed E-state index contributed by atoms with van der Waals surface area (Å²) >= 11 is 0. The Morgan fingerprint density at radius 1 is 0.900 bits per heavy atom. The molecule has 1 N–H and O–H groups in total. The van der Waals surface area contributed by atoms with E-state index < -0.39 is 15.1 Å². The van der Waals surface area contributed by atoms with E-state index in [1.165, 1.54) is 30.7 Å². The molecule has 1 fully saturated rings. The number of nitrogens with one attached hydrogen (secondary N) is 1. The van der Waals surface area contributed by atoms with Gasteiger partial charge in [0.2, 0.25) is 0 Å². The monoisotopic (exact) mass is 428 g/mol. The zero-order valence-corrected chi connectivity index (χ0v) is 18.2. The normalized spacial score (nSPS) is 14.6. The van der Waals surface area contributed by atoms with Crippen LogP contribution in [-0.4, -0.2) is 43.5 Å². The highest BCUT2D eigenvalue weighted by Gasteiger charge is 2.20. The highest BCUT2D eigenvalue weighted by Crippen LogP contribution is 2.17. The number of carbonyl (C=O) groups excluding carboxylic acids is 2. The van der Waals surface area contributed by atoms with Gasteiger partial charge < -0.3 is 10.2 Å². The van der Waals surface area contributed by atoms with Crippen molar-refractivity contribution < 1.29 is 18.0 Å². The molecule has 0 atom stereocenters. The summed E-state index contributed by atoms with van der Waals surface area (Å²) in [5.41, 5.74) is 1.95. The lowest BCUT2D eigenvalue weighted by atomic mass is 10.1. The van der Waals surface area contributed by atoms with Gasteiger partial charge in [-0.15, -0.1) is 0 Å². The number of hydrogen-bond acceptors (Lipinski definition) is 4. The van der Waals surface area contributed by atoms with E-state index >= 15 is 0 Å². The van der Waals surface area contributed by atoms with E-state index in [4.69, 9.17) is 0 Å². The third kappa shape index (κ3) is 5.08. The first-order valence-corrected chi connectivity index (χ1v) is 11.8. The van der Waals surface area contributed by atoms with Crippen LogP contribution in [-0.2, 0) is 16.4 Å². The first-order valence-electron chi connectivity index (χ1n) is 10.3. The molecule has 7 heteroatoms. The SMILES string of the molecule is CC(C)S(=O)(=O)c1ccc(C(=O)NCc2ccc(C(=O)N3CCCCC3)cc2)cc1. The summed E-state index contributed by atoms with van der Waals surface area (Å²) < 4.78 is 24.3. The number of rotatable bonds is 6. The number of likely N-dealkylation sites (tertiary alicyclic amines) is 1. The molecule has 0 aromatic heterocycles. The van der Waals surface area contributed by atoms with Gasteiger partial charge in [-0.25, -0.2) is 8.42 Å². The second-order valence-corrected chi connectivity index (χ2v) is 10.4. The Hall–Kier alpha value is -2.67. The van der Waals surface area contributed by atoms with Crippen LogP contribution in [0.3, 0.4) is 0 Å². The van der Waals surface area contributed by atoms with Crippen molar-refractivity contribution in [2.45, 2.75) is 49.8 Å². The topological polar surface area (TPSA) is 83.5 Å². The Labute approximate surface area is 178 Å². The molecule has 160 valence electrons. The second-order valence-electron chi connectivity index (χ2n) is 7.85. The average molecular weight is 429 g/mol. The third-order valence-corrected chi connectivity index (χ3v) is 7.53. The Kier molecular flexibility index (Phi) is 6.92. The van der Waals surface area contributed by atoms with E-state index in [1.54, 1.807) is 26.0 Å². The maximum Gasteiger partial charge on any atom is 0.253 e. The van der Waals surface area contributed by atoms with Crippen LogP contribution in [0.2, 0.25) is 0 Å². The van der Waals surface area contributed by atoms with E-state index in [2.05, 4.69) is 5.32 Å². The molecule has 1 aliphatic heterocycles. The van der Waals surface area contributed by atoms with Crippen LogP contribution in [0.4, 0.5) is 0 Å². The Bertz CT molecular complexity index is 991. The molecule has 1 heterocycles. The number of sulfone groups is 1. The molecule has 0 saturated carbocycles. The van der Waals surface area contributed by atoms with Gasteiger partial charge in [0.05, 0.1) is 10.1 Å². The van der Waals surface area contributed by atoms with E-state index in [9.17, 15) is 18.0 Å². The minimum atomic E-state index is -3.36. The molecule has 2 aromatic rings. The van der Waals surface area contributed by atoms with Gasteiger partial charge in [-0.3, -0.25) is 9.59 Å². The molecular formula is C23H28N2O4S. The quantitative estimate of drug-likeness (QED) is 0.764. The van der Waals surface area contributed by atoms with Crippen molar-refractivity contribution in [2.24, 2.45) is 0 Å². The van der Waals surface area contributed by atoms with Crippen molar-refractivity contribution in [3.63, 3.8) is 0 Å². The molecule has 6 nitrogen and oxygen atoms in total. The summed E-state index contributed by atoms with van der Waals surface area (Å²) in [5, 5.41) is 2.31. The molecule has 0 bridgehead atoms. The molecule has 0 unspecified atom stereocenters. The molecule has 0 spiro atoms. The second kappa shape index (κ2) is 9.43. The summed E-state index contributed by atoms with van der Waals surface area (Å²) in [7, 11) is -3.36. The fourth-order valence-corrected chi connectivity index (χ4v) is 4.46. The van der Waals surface area contributed by atoms with Crippen molar-refractivity contribution in [3.8, 4) is 0 Å². The molecule has 0 radical (unpaired) electrons. The smallest absolute Gasteiger partial charge is 0.253 e. The van der Waals surface area contributed by atoms with Gasteiger partial charge in [-0.2, -0.15) is 0 Å². The van der Waals surface area contributed by atoms with Gasteiger partial charge in [-0.1, -0.05) is 12.1 Å². The molecule has 3 rings (SSSR count). The maximum atomic E-state index is 12.5. The number of nitrogens with zero attached hydrogens (tertiary/aromatic N) is 1. The Morgan fingerprint density at radius 3 is 2.03 bits per heavy atom. The lowest BCUT2D eigenvalue weighted by molar-refractivity contribution is 0.0724. The zero-order valence-electron chi connectivity index (χ0n) is 17.4. The van der Waals surface area contributed by atoms with Gasteiger partial charge in [-0.05, 0) is 75.1 Å². The summed E-state index contributed by atoms with van der Waals surface area (Å²) in [5.74, 6) is -0.223. The summed E-state index contributed by atoms with van der Waals surface area (Å²) in [6.45, 7) is 5.20. The molecule has 2 amide bonds. The average Bonchev–Trinajstić information content (AvgIpc) is 2.78. The number of carbonyl (C=O) groups is 2. The molecule has 0 aliphatic carbocycles. The molecule has 30 heavy (non-hydrogen) atoms. The number of benzene rings is 2. The van der Waals surface area contributed by atoms with Crippen molar-refractivity contribution in [3.05, 3.63) is 65.2 Å². The molecule has 2 aromatic carbocycles.